The lowest BCUT2D eigenvalue weighted by Gasteiger charge is -2.31. The van der Waals surface area contributed by atoms with Crippen molar-refractivity contribution in [2.24, 2.45) is 7.05 Å². The van der Waals surface area contributed by atoms with E-state index in [1.807, 2.05) is 6.07 Å². The van der Waals surface area contributed by atoms with Gasteiger partial charge >= 0.3 is 0 Å². The van der Waals surface area contributed by atoms with Gasteiger partial charge in [-0.1, -0.05) is 23.2 Å². The molecule has 1 atom stereocenters. The van der Waals surface area contributed by atoms with Crippen molar-refractivity contribution in [3.8, 4) is 0 Å². The van der Waals surface area contributed by atoms with Crippen LogP contribution in [-0.2, 0) is 24.8 Å². The third-order valence-electron chi connectivity index (χ3n) is 3.84. The van der Waals surface area contributed by atoms with Gasteiger partial charge < -0.3 is 10.0 Å². The molecular weight excluding hydrogens is 325 g/mol. The summed E-state index contributed by atoms with van der Waals surface area (Å²) in [5.74, 6) is -0.343. The van der Waals surface area contributed by atoms with Gasteiger partial charge in [-0.3, -0.25) is 9.48 Å². The number of aromatic nitrogens is 2. The number of aliphatic hydroxyl groups is 1. The van der Waals surface area contributed by atoms with Crippen LogP contribution in [0.5, 0.6) is 0 Å². The second-order valence-corrected chi connectivity index (χ2v) is 6.23. The molecule has 0 aliphatic carbocycles. The smallest absolute Gasteiger partial charge is 0.256 e. The van der Waals surface area contributed by atoms with E-state index in [4.69, 9.17) is 23.2 Å². The van der Waals surface area contributed by atoms with E-state index in [-0.39, 0.29) is 5.91 Å². The van der Waals surface area contributed by atoms with Crippen LogP contribution in [0.1, 0.15) is 22.8 Å². The minimum atomic E-state index is -1.21. The molecule has 3 rings (SSSR count). The number of amides is 1. The van der Waals surface area contributed by atoms with Crippen molar-refractivity contribution in [2.45, 2.75) is 19.1 Å². The minimum absolute atomic E-state index is 0.343. The number of hydrogen-bond donors (Lipinski definition) is 1. The van der Waals surface area contributed by atoms with Gasteiger partial charge in [0.15, 0.2) is 6.10 Å². The topological polar surface area (TPSA) is 58.4 Å². The first-order valence-corrected chi connectivity index (χ1v) is 7.63. The molecular formula is C15H15Cl2N3O2. The summed E-state index contributed by atoms with van der Waals surface area (Å²) < 4.78 is 1.55. The maximum atomic E-state index is 12.5. The van der Waals surface area contributed by atoms with Crippen LogP contribution < -0.4 is 0 Å². The molecule has 0 saturated heterocycles. The van der Waals surface area contributed by atoms with Gasteiger partial charge in [-0.05, 0) is 29.7 Å². The Kier molecular flexibility index (Phi) is 4.12. The van der Waals surface area contributed by atoms with Gasteiger partial charge in [0.2, 0.25) is 0 Å². The molecule has 0 saturated carbocycles. The van der Waals surface area contributed by atoms with Gasteiger partial charge in [0.05, 0.1) is 6.20 Å². The molecule has 0 unspecified atom stereocenters. The zero-order valence-electron chi connectivity index (χ0n) is 12.0. The van der Waals surface area contributed by atoms with Crippen LogP contribution in [0, 0.1) is 0 Å². The molecule has 116 valence electrons. The highest BCUT2D eigenvalue weighted by Crippen LogP contribution is 2.31. The van der Waals surface area contributed by atoms with Gasteiger partial charge in [-0.25, -0.2) is 0 Å². The lowest BCUT2D eigenvalue weighted by atomic mass is 9.99. The van der Waals surface area contributed by atoms with Crippen molar-refractivity contribution in [1.29, 1.82) is 0 Å². The number of fused-ring (bicyclic) bond motifs is 1. The number of hydrogen-bond acceptors (Lipinski definition) is 3. The van der Waals surface area contributed by atoms with Crippen molar-refractivity contribution in [2.75, 3.05) is 6.54 Å². The van der Waals surface area contributed by atoms with Crippen molar-refractivity contribution in [3.63, 3.8) is 0 Å². The van der Waals surface area contributed by atoms with Crippen LogP contribution in [0.25, 0.3) is 0 Å². The zero-order valence-corrected chi connectivity index (χ0v) is 13.5. The Hall–Kier alpha value is -1.56. The summed E-state index contributed by atoms with van der Waals surface area (Å²) in [7, 11) is 1.74. The summed E-state index contributed by atoms with van der Waals surface area (Å²) >= 11 is 12.2. The Morgan fingerprint density at radius 3 is 2.86 bits per heavy atom. The number of benzene rings is 1. The summed E-state index contributed by atoms with van der Waals surface area (Å²) in [5, 5.41) is 15.3. The van der Waals surface area contributed by atoms with Crippen LogP contribution in [-0.4, -0.2) is 32.2 Å². The fourth-order valence-corrected chi connectivity index (χ4v) is 3.26. The van der Waals surface area contributed by atoms with Crippen LogP contribution in [0.4, 0.5) is 0 Å². The first-order chi connectivity index (χ1) is 10.5. The van der Waals surface area contributed by atoms with E-state index in [0.29, 0.717) is 35.1 Å². The highest BCUT2D eigenvalue weighted by molar-refractivity contribution is 6.35. The number of aliphatic hydroxyl groups excluding tert-OH is 1. The number of carbonyl (C=O) groups is 1. The Bertz CT molecular complexity index is 730. The molecule has 7 heteroatoms. The Morgan fingerprint density at radius 1 is 1.41 bits per heavy atom. The van der Waals surface area contributed by atoms with Gasteiger partial charge in [-0.15, -0.1) is 0 Å². The lowest BCUT2D eigenvalue weighted by molar-refractivity contribution is -0.141. The quantitative estimate of drug-likeness (QED) is 0.913. The highest BCUT2D eigenvalue weighted by atomic mass is 35.5. The summed E-state index contributed by atoms with van der Waals surface area (Å²) in [5.41, 5.74) is 2.43. The van der Waals surface area contributed by atoms with Crippen molar-refractivity contribution in [1.82, 2.24) is 14.7 Å². The maximum Gasteiger partial charge on any atom is 0.256 e. The number of rotatable bonds is 2. The minimum Gasteiger partial charge on any atom is -0.378 e. The van der Waals surface area contributed by atoms with Crippen molar-refractivity contribution < 1.29 is 9.90 Å². The molecule has 1 amide bonds. The number of nitrogens with zero attached hydrogens (tertiary/aromatic N) is 3. The fraction of sp³-hybridized carbons (Fsp3) is 0.333. The number of aryl methyl sites for hydroxylation is 1. The van der Waals surface area contributed by atoms with E-state index in [1.165, 1.54) is 6.20 Å². The Balaban J connectivity index is 1.80. The lowest BCUT2D eigenvalue weighted by Crippen LogP contribution is -2.39. The SMILES string of the molecule is Cn1cc([C@@H](O)C(=O)N2CCc3cc(Cl)cc(Cl)c3C2)cn1. The predicted molar refractivity (Wildman–Crippen MR) is 83.8 cm³/mol. The maximum absolute atomic E-state index is 12.5. The summed E-state index contributed by atoms with van der Waals surface area (Å²) in [6, 6.07) is 3.55. The second kappa shape index (κ2) is 5.91. The second-order valence-electron chi connectivity index (χ2n) is 5.38. The van der Waals surface area contributed by atoms with Crippen LogP contribution in [0.2, 0.25) is 10.0 Å². The Morgan fingerprint density at radius 2 is 2.18 bits per heavy atom. The van der Waals surface area contributed by atoms with E-state index in [9.17, 15) is 9.90 Å². The summed E-state index contributed by atoms with van der Waals surface area (Å²) in [4.78, 5) is 14.1. The van der Waals surface area contributed by atoms with Gasteiger partial charge in [0, 0.05) is 41.9 Å². The number of carbonyl (C=O) groups excluding carboxylic acids is 1. The van der Waals surface area contributed by atoms with Crippen molar-refractivity contribution >= 4 is 29.1 Å². The predicted octanol–water partition coefficient (Wildman–Crippen LogP) is 2.35. The monoisotopic (exact) mass is 339 g/mol. The summed E-state index contributed by atoms with van der Waals surface area (Å²) in [6.45, 7) is 0.904. The molecule has 5 nitrogen and oxygen atoms in total. The van der Waals surface area contributed by atoms with E-state index in [0.717, 1.165) is 11.1 Å². The molecule has 1 aliphatic rings. The molecule has 2 aromatic rings. The molecule has 2 heterocycles. The van der Waals surface area contributed by atoms with E-state index >= 15 is 0 Å². The van der Waals surface area contributed by atoms with E-state index in [2.05, 4.69) is 5.10 Å². The molecule has 0 spiro atoms. The third kappa shape index (κ3) is 2.84. The molecule has 1 aromatic heterocycles. The zero-order chi connectivity index (χ0) is 15.9. The van der Waals surface area contributed by atoms with Gasteiger partial charge in [0.1, 0.15) is 0 Å². The van der Waals surface area contributed by atoms with Gasteiger partial charge in [-0.2, -0.15) is 5.10 Å². The first-order valence-electron chi connectivity index (χ1n) is 6.88. The van der Waals surface area contributed by atoms with E-state index < -0.39 is 6.10 Å². The molecule has 1 N–H and O–H groups in total. The average molecular weight is 340 g/mol. The standard InChI is InChI=1S/C15H15Cl2N3O2/c1-19-7-10(6-18-19)14(21)15(22)20-3-2-9-4-11(16)5-13(17)12(9)8-20/h4-7,14,21H,2-3,8H2,1H3/t14-/m1/s1. The third-order valence-corrected chi connectivity index (χ3v) is 4.39. The first kappa shape index (κ1) is 15.3. The van der Waals surface area contributed by atoms with Gasteiger partial charge in [0.25, 0.3) is 5.91 Å². The fourth-order valence-electron chi connectivity index (χ4n) is 2.67. The van der Waals surface area contributed by atoms with E-state index in [1.54, 1.807) is 28.9 Å². The van der Waals surface area contributed by atoms with Crippen LogP contribution in [0.15, 0.2) is 24.5 Å². The average Bonchev–Trinajstić information content (AvgIpc) is 2.92. The van der Waals surface area contributed by atoms with Crippen LogP contribution in [0.3, 0.4) is 0 Å². The normalized spacial score (nSPS) is 15.5. The molecule has 0 radical (unpaired) electrons. The number of halogens is 2. The molecule has 1 aliphatic heterocycles. The molecule has 0 bridgehead atoms. The molecule has 22 heavy (non-hydrogen) atoms. The molecule has 0 fully saturated rings. The Labute approximate surface area is 138 Å². The van der Waals surface area contributed by atoms with Crippen LogP contribution >= 0.6 is 23.2 Å². The summed E-state index contributed by atoms with van der Waals surface area (Å²) in [6.07, 6.45) is 2.59. The highest BCUT2D eigenvalue weighted by Gasteiger charge is 2.28. The molecule has 1 aromatic carbocycles. The van der Waals surface area contributed by atoms with Crippen molar-refractivity contribution in [3.05, 3.63) is 51.3 Å². The largest absolute Gasteiger partial charge is 0.378 e.